The predicted octanol–water partition coefficient (Wildman–Crippen LogP) is 3.71. The van der Waals surface area contributed by atoms with Gasteiger partial charge in [0.1, 0.15) is 5.82 Å². The van der Waals surface area contributed by atoms with E-state index in [0.717, 1.165) is 5.56 Å². The van der Waals surface area contributed by atoms with Gasteiger partial charge >= 0.3 is 0 Å². The van der Waals surface area contributed by atoms with Crippen molar-refractivity contribution in [3.63, 3.8) is 0 Å². The van der Waals surface area contributed by atoms with Crippen LogP contribution in [0.2, 0.25) is 10.0 Å². The first-order chi connectivity index (χ1) is 11.0. The molecule has 0 unspecified atom stereocenters. The molecule has 0 radical (unpaired) electrons. The van der Waals surface area contributed by atoms with Crippen LogP contribution in [0.5, 0.6) is 0 Å². The first kappa shape index (κ1) is 14.9. The second-order valence-electron chi connectivity index (χ2n) is 5.98. The maximum Gasteiger partial charge on any atom is 0.237 e. The van der Waals surface area contributed by atoms with Crippen LogP contribution in [0.4, 0.5) is 10.1 Å². The Kier molecular flexibility index (Phi) is 3.38. The summed E-state index contributed by atoms with van der Waals surface area (Å²) in [5.41, 5.74) is 1.35. The maximum atomic E-state index is 14.0. The van der Waals surface area contributed by atoms with E-state index in [9.17, 15) is 9.18 Å². The third-order valence-electron chi connectivity index (χ3n) is 4.79. The van der Waals surface area contributed by atoms with Crippen LogP contribution in [0.25, 0.3) is 0 Å². The highest BCUT2D eigenvalue weighted by atomic mass is 35.5. The Morgan fingerprint density at radius 3 is 2.83 bits per heavy atom. The Morgan fingerprint density at radius 2 is 2.04 bits per heavy atom. The second kappa shape index (κ2) is 5.20. The van der Waals surface area contributed by atoms with Crippen LogP contribution in [-0.4, -0.2) is 19.0 Å². The Labute approximate surface area is 142 Å². The summed E-state index contributed by atoms with van der Waals surface area (Å²) in [5.74, 6) is -0.773. The van der Waals surface area contributed by atoms with E-state index in [1.165, 1.54) is 12.1 Å². The standard InChI is InChI=1S/C17H13Cl2FN2O/c18-10-3-1-2-9(4-10)12-7-21-8-17(12)11-5-14(20)13(19)6-15(11)22-16(17)23/h1-6,12,21H,7-8H2,(H,22,23)/t12-,17-/m1/s1. The largest absolute Gasteiger partial charge is 0.325 e. The van der Waals surface area contributed by atoms with E-state index in [-0.39, 0.29) is 16.8 Å². The van der Waals surface area contributed by atoms with Crippen molar-refractivity contribution in [3.8, 4) is 0 Å². The highest BCUT2D eigenvalue weighted by Crippen LogP contribution is 2.50. The minimum atomic E-state index is -0.842. The van der Waals surface area contributed by atoms with E-state index >= 15 is 0 Å². The number of amides is 1. The van der Waals surface area contributed by atoms with Gasteiger partial charge in [0.25, 0.3) is 0 Å². The lowest BCUT2D eigenvalue weighted by Gasteiger charge is -2.29. The van der Waals surface area contributed by atoms with E-state index in [2.05, 4.69) is 10.6 Å². The number of rotatable bonds is 1. The van der Waals surface area contributed by atoms with Crippen molar-refractivity contribution in [2.45, 2.75) is 11.3 Å². The van der Waals surface area contributed by atoms with Gasteiger partial charge in [0.2, 0.25) is 5.91 Å². The lowest BCUT2D eigenvalue weighted by atomic mass is 9.70. The first-order valence-corrected chi connectivity index (χ1v) is 8.05. The fraction of sp³-hybridized carbons (Fsp3) is 0.235. The molecule has 2 N–H and O–H groups in total. The second-order valence-corrected chi connectivity index (χ2v) is 6.82. The molecule has 2 aromatic rings. The van der Waals surface area contributed by atoms with Gasteiger partial charge in [-0.1, -0.05) is 35.3 Å². The monoisotopic (exact) mass is 350 g/mol. The molecule has 2 aromatic carbocycles. The third-order valence-corrected chi connectivity index (χ3v) is 5.32. The van der Waals surface area contributed by atoms with Gasteiger partial charge in [-0.3, -0.25) is 4.79 Å². The normalized spacial score (nSPS) is 25.7. The van der Waals surface area contributed by atoms with E-state index in [4.69, 9.17) is 23.2 Å². The number of fused-ring (bicyclic) bond motifs is 2. The third kappa shape index (κ3) is 2.09. The van der Waals surface area contributed by atoms with Gasteiger partial charge in [-0.25, -0.2) is 4.39 Å². The molecule has 6 heteroatoms. The SMILES string of the molecule is O=C1Nc2cc(Cl)c(F)cc2[C@@]12CNC[C@@H]2c1cccc(Cl)c1. The van der Waals surface area contributed by atoms with Gasteiger partial charge in [0.15, 0.2) is 0 Å². The molecule has 118 valence electrons. The van der Waals surface area contributed by atoms with E-state index in [0.29, 0.717) is 29.4 Å². The summed E-state index contributed by atoms with van der Waals surface area (Å²) in [5, 5.41) is 6.74. The predicted molar refractivity (Wildman–Crippen MR) is 88.8 cm³/mol. The summed E-state index contributed by atoms with van der Waals surface area (Å²) >= 11 is 12.0. The van der Waals surface area contributed by atoms with Crippen LogP contribution in [0.1, 0.15) is 17.0 Å². The molecule has 2 aliphatic heterocycles. The van der Waals surface area contributed by atoms with Gasteiger partial charge in [0.05, 0.1) is 10.4 Å². The molecule has 0 bridgehead atoms. The molecule has 1 saturated heterocycles. The lowest BCUT2D eigenvalue weighted by Crippen LogP contribution is -2.41. The number of benzene rings is 2. The Balaban J connectivity index is 1.90. The zero-order valence-corrected chi connectivity index (χ0v) is 13.5. The Morgan fingerprint density at radius 1 is 1.22 bits per heavy atom. The van der Waals surface area contributed by atoms with Gasteiger partial charge < -0.3 is 10.6 Å². The van der Waals surface area contributed by atoms with Crippen LogP contribution >= 0.6 is 23.2 Å². The molecule has 1 spiro atoms. The van der Waals surface area contributed by atoms with Crippen molar-refractivity contribution in [2.24, 2.45) is 0 Å². The number of hydrogen-bond donors (Lipinski definition) is 2. The average Bonchev–Trinajstić information content (AvgIpc) is 3.06. The van der Waals surface area contributed by atoms with Gasteiger partial charge in [-0.2, -0.15) is 0 Å². The molecule has 4 rings (SSSR count). The van der Waals surface area contributed by atoms with Crippen LogP contribution in [0, 0.1) is 5.82 Å². The summed E-state index contributed by atoms with van der Waals surface area (Å²) in [6, 6.07) is 10.3. The molecular formula is C17H13Cl2FN2O. The van der Waals surface area contributed by atoms with Gasteiger partial charge in [-0.05, 0) is 35.4 Å². The van der Waals surface area contributed by atoms with Crippen LogP contribution in [0.3, 0.4) is 0 Å². The van der Waals surface area contributed by atoms with Crippen molar-refractivity contribution in [2.75, 3.05) is 18.4 Å². The Hall–Kier alpha value is -1.62. The first-order valence-electron chi connectivity index (χ1n) is 7.29. The molecule has 1 fully saturated rings. The zero-order chi connectivity index (χ0) is 16.2. The molecule has 23 heavy (non-hydrogen) atoms. The smallest absolute Gasteiger partial charge is 0.237 e. The van der Waals surface area contributed by atoms with Gasteiger partial charge in [0, 0.05) is 29.7 Å². The number of hydrogen-bond acceptors (Lipinski definition) is 2. The average molecular weight is 351 g/mol. The molecule has 2 aliphatic rings. The quantitative estimate of drug-likeness (QED) is 0.823. The fourth-order valence-electron chi connectivity index (χ4n) is 3.73. The number of halogens is 3. The highest BCUT2D eigenvalue weighted by molar-refractivity contribution is 6.31. The van der Waals surface area contributed by atoms with Crippen molar-refractivity contribution < 1.29 is 9.18 Å². The fourth-order valence-corrected chi connectivity index (χ4v) is 4.10. The van der Waals surface area contributed by atoms with Crippen molar-refractivity contribution in [3.05, 3.63) is 63.4 Å². The molecule has 0 aromatic heterocycles. The van der Waals surface area contributed by atoms with Crippen molar-refractivity contribution in [1.29, 1.82) is 0 Å². The van der Waals surface area contributed by atoms with Gasteiger partial charge in [-0.15, -0.1) is 0 Å². The maximum absolute atomic E-state index is 14.0. The highest BCUT2D eigenvalue weighted by Gasteiger charge is 2.55. The van der Waals surface area contributed by atoms with E-state index in [1.54, 1.807) is 6.07 Å². The van der Waals surface area contributed by atoms with Crippen LogP contribution < -0.4 is 10.6 Å². The molecule has 2 atom stereocenters. The minimum absolute atomic E-state index is 0.00589. The number of anilines is 1. The minimum Gasteiger partial charge on any atom is -0.325 e. The van der Waals surface area contributed by atoms with E-state index < -0.39 is 11.2 Å². The summed E-state index contributed by atoms with van der Waals surface area (Å²) < 4.78 is 14.0. The summed E-state index contributed by atoms with van der Waals surface area (Å²) in [6.45, 7) is 1.07. The van der Waals surface area contributed by atoms with Crippen molar-refractivity contribution >= 4 is 34.8 Å². The lowest BCUT2D eigenvalue weighted by molar-refractivity contribution is -0.120. The topological polar surface area (TPSA) is 41.1 Å². The molecular weight excluding hydrogens is 338 g/mol. The molecule has 3 nitrogen and oxygen atoms in total. The number of carbonyl (C=O) groups is 1. The molecule has 0 saturated carbocycles. The van der Waals surface area contributed by atoms with E-state index in [1.807, 2.05) is 18.2 Å². The molecule has 2 heterocycles. The molecule has 1 amide bonds. The number of nitrogens with one attached hydrogen (secondary N) is 2. The van der Waals surface area contributed by atoms with Crippen LogP contribution in [0.15, 0.2) is 36.4 Å². The zero-order valence-electron chi connectivity index (χ0n) is 12.0. The summed E-state index contributed by atoms with van der Waals surface area (Å²) in [4.78, 5) is 12.8. The summed E-state index contributed by atoms with van der Waals surface area (Å²) in [6.07, 6.45) is 0. The Bertz CT molecular complexity index is 826. The van der Waals surface area contributed by atoms with Crippen LogP contribution in [-0.2, 0) is 10.2 Å². The number of carbonyl (C=O) groups excluding carboxylic acids is 1. The molecule has 0 aliphatic carbocycles. The van der Waals surface area contributed by atoms with Crippen molar-refractivity contribution in [1.82, 2.24) is 5.32 Å². The summed E-state index contributed by atoms with van der Waals surface area (Å²) in [7, 11) is 0.